The molecule has 1 saturated heterocycles. The first kappa shape index (κ1) is 21.1. The molecule has 0 aliphatic carbocycles. The van der Waals surface area contributed by atoms with E-state index in [1.807, 2.05) is 25.1 Å². The lowest BCUT2D eigenvalue weighted by atomic mass is 10.1. The molecule has 0 bridgehead atoms. The third kappa shape index (κ3) is 3.84. The fourth-order valence-corrected chi connectivity index (χ4v) is 4.35. The van der Waals surface area contributed by atoms with E-state index in [1.54, 1.807) is 42.6 Å². The first-order valence-electron chi connectivity index (χ1n) is 10.5. The highest BCUT2D eigenvalue weighted by Gasteiger charge is 2.35. The molecule has 168 valence electrons. The summed E-state index contributed by atoms with van der Waals surface area (Å²) >= 11 is 6.22. The lowest BCUT2D eigenvalue weighted by molar-refractivity contribution is 0.0728. The highest BCUT2D eigenvalue weighted by atomic mass is 35.5. The Morgan fingerprint density at radius 1 is 1.21 bits per heavy atom. The van der Waals surface area contributed by atoms with Gasteiger partial charge in [0.2, 0.25) is 0 Å². The number of amides is 1. The highest BCUT2D eigenvalue weighted by Crippen LogP contribution is 2.35. The molecule has 1 amide bonds. The van der Waals surface area contributed by atoms with Gasteiger partial charge in [0, 0.05) is 22.7 Å². The van der Waals surface area contributed by atoms with Gasteiger partial charge in [-0.25, -0.2) is 0 Å². The van der Waals surface area contributed by atoms with Crippen LogP contribution in [0.1, 0.15) is 40.6 Å². The van der Waals surface area contributed by atoms with Gasteiger partial charge in [0.05, 0.1) is 36.8 Å². The molecule has 0 radical (unpaired) electrons. The Balaban J connectivity index is 1.47. The molecule has 33 heavy (non-hydrogen) atoms. The van der Waals surface area contributed by atoms with E-state index < -0.39 is 0 Å². The number of likely N-dealkylation sites (tertiary alicyclic amines) is 1. The quantitative estimate of drug-likeness (QED) is 0.435. The molecule has 2 aromatic carbocycles. The Labute approximate surface area is 194 Å². The summed E-state index contributed by atoms with van der Waals surface area (Å²) in [5, 5.41) is 13.0. The van der Waals surface area contributed by atoms with Crippen molar-refractivity contribution >= 4 is 17.5 Å². The van der Waals surface area contributed by atoms with E-state index in [1.165, 1.54) is 4.80 Å². The number of methoxy groups -OCH3 is 1. The molecule has 5 rings (SSSR count). The summed E-state index contributed by atoms with van der Waals surface area (Å²) in [6.07, 6.45) is 4.68. The van der Waals surface area contributed by atoms with Crippen molar-refractivity contribution < 1.29 is 14.1 Å². The molecule has 4 aromatic rings. The summed E-state index contributed by atoms with van der Waals surface area (Å²) in [7, 11) is 1.62. The third-order valence-corrected chi connectivity index (χ3v) is 6.05. The van der Waals surface area contributed by atoms with E-state index in [0.717, 1.165) is 29.7 Å². The standard InChI is InChI=1S/C23H21ClN6O3/c1-14-16(5-3-7-20(14)32-2)22-27-21(28-33-22)19-6-4-12-29(19)23(31)17-13-15(24)8-9-18(17)30-25-10-11-26-30/h3,5,7-11,13,19H,4,6,12H2,1-2H3. The Morgan fingerprint density at radius 2 is 2.03 bits per heavy atom. The largest absolute Gasteiger partial charge is 0.496 e. The summed E-state index contributed by atoms with van der Waals surface area (Å²) in [4.78, 5) is 21.4. The molecule has 1 unspecified atom stereocenters. The maximum Gasteiger partial charge on any atom is 0.258 e. The van der Waals surface area contributed by atoms with Crippen LogP contribution in [0.15, 0.2) is 53.3 Å². The van der Waals surface area contributed by atoms with Crippen LogP contribution in [-0.2, 0) is 0 Å². The average molecular weight is 465 g/mol. The molecule has 3 heterocycles. The molecule has 2 aromatic heterocycles. The van der Waals surface area contributed by atoms with E-state index in [4.69, 9.17) is 20.9 Å². The molecule has 1 atom stereocenters. The Kier molecular flexibility index (Phi) is 5.55. The first-order valence-corrected chi connectivity index (χ1v) is 10.9. The van der Waals surface area contributed by atoms with Crippen molar-refractivity contribution in [3.8, 4) is 22.9 Å². The van der Waals surface area contributed by atoms with Crippen LogP contribution >= 0.6 is 11.6 Å². The summed E-state index contributed by atoms with van der Waals surface area (Å²) < 4.78 is 11.0. The van der Waals surface area contributed by atoms with Crippen molar-refractivity contribution in [1.82, 2.24) is 30.0 Å². The van der Waals surface area contributed by atoms with Crippen molar-refractivity contribution in [2.45, 2.75) is 25.8 Å². The second kappa shape index (κ2) is 8.67. The molecule has 0 spiro atoms. The van der Waals surface area contributed by atoms with Gasteiger partial charge in [0.15, 0.2) is 5.82 Å². The molecule has 0 saturated carbocycles. The topological polar surface area (TPSA) is 99.2 Å². The Hall–Kier alpha value is -3.72. The van der Waals surface area contributed by atoms with Gasteiger partial charge in [0.25, 0.3) is 11.8 Å². The minimum atomic E-state index is -0.307. The normalized spacial score (nSPS) is 15.7. The third-order valence-electron chi connectivity index (χ3n) is 5.81. The molecule has 10 heteroatoms. The SMILES string of the molecule is COc1cccc(-c2nc(C3CCCN3C(=O)c3cc(Cl)ccc3-n3nccn3)no2)c1C. The number of halogens is 1. The number of carbonyl (C=O) groups is 1. The predicted molar refractivity (Wildman–Crippen MR) is 120 cm³/mol. The molecule has 0 N–H and O–H groups in total. The minimum Gasteiger partial charge on any atom is -0.496 e. The van der Waals surface area contributed by atoms with E-state index in [2.05, 4.69) is 20.3 Å². The smallest absolute Gasteiger partial charge is 0.258 e. The second-order valence-corrected chi connectivity index (χ2v) is 8.16. The van der Waals surface area contributed by atoms with Gasteiger partial charge >= 0.3 is 0 Å². The van der Waals surface area contributed by atoms with Gasteiger partial charge in [0.1, 0.15) is 5.75 Å². The number of carbonyl (C=O) groups excluding carboxylic acids is 1. The van der Waals surface area contributed by atoms with E-state index in [0.29, 0.717) is 34.5 Å². The predicted octanol–water partition coefficient (Wildman–Crippen LogP) is 4.27. The molecular weight excluding hydrogens is 444 g/mol. The van der Waals surface area contributed by atoms with E-state index >= 15 is 0 Å². The summed E-state index contributed by atoms with van der Waals surface area (Å²) in [5.74, 6) is 1.42. The van der Waals surface area contributed by atoms with Crippen molar-refractivity contribution in [2.75, 3.05) is 13.7 Å². The average Bonchev–Trinajstić information content (AvgIpc) is 3.60. The van der Waals surface area contributed by atoms with E-state index in [9.17, 15) is 4.79 Å². The molecular formula is C23H21ClN6O3. The maximum absolute atomic E-state index is 13.6. The molecule has 1 fully saturated rings. The fourth-order valence-electron chi connectivity index (χ4n) is 4.17. The van der Waals surface area contributed by atoms with Crippen LogP contribution in [0.2, 0.25) is 5.02 Å². The van der Waals surface area contributed by atoms with Gasteiger partial charge < -0.3 is 14.2 Å². The highest BCUT2D eigenvalue weighted by molar-refractivity contribution is 6.31. The van der Waals surface area contributed by atoms with E-state index in [-0.39, 0.29) is 11.9 Å². The first-order chi connectivity index (χ1) is 16.1. The number of benzene rings is 2. The molecule has 1 aliphatic heterocycles. The van der Waals surface area contributed by atoms with Crippen LogP contribution in [0.3, 0.4) is 0 Å². The van der Waals surface area contributed by atoms with Crippen molar-refractivity contribution in [3.63, 3.8) is 0 Å². The summed E-state index contributed by atoms with van der Waals surface area (Å²) in [6, 6.07) is 10.4. The monoisotopic (exact) mass is 464 g/mol. The minimum absolute atomic E-state index is 0.184. The lowest BCUT2D eigenvalue weighted by Crippen LogP contribution is -2.32. The number of ether oxygens (including phenoxy) is 1. The van der Waals surface area contributed by atoms with Crippen LogP contribution in [0, 0.1) is 6.92 Å². The molecule has 1 aliphatic rings. The Bertz CT molecular complexity index is 1300. The number of aromatic nitrogens is 5. The molecule has 9 nitrogen and oxygen atoms in total. The zero-order valence-electron chi connectivity index (χ0n) is 18.1. The number of nitrogens with zero attached hydrogens (tertiary/aromatic N) is 6. The zero-order valence-corrected chi connectivity index (χ0v) is 18.9. The fraction of sp³-hybridized carbons (Fsp3) is 0.261. The van der Waals surface area contributed by atoms with Gasteiger partial charge in [-0.05, 0) is 50.1 Å². The van der Waals surface area contributed by atoms with Crippen molar-refractivity contribution in [2.24, 2.45) is 0 Å². The number of hydrogen-bond acceptors (Lipinski definition) is 7. The zero-order chi connectivity index (χ0) is 22.9. The van der Waals surface area contributed by atoms with Crippen LogP contribution in [0.5, 0.6) is 5.75 Å². The number of hydrogen-bond donors (Lipinski definition) is 0. The lowest BCUT2D eigenvalue weighted by Gasteiger charge is -2.23. The van der Waals surface area contributed by atoms with Gasteiger partial charge in [-0.15, -0.1) is 0 Å². The number of rotatable bonds is 5. The van der Waals surface area contributed by atoms with Gasteiger partial charge in [-0.2, -0.15) is 20.0 Å². The maximum atomic E-state index is 13.6. The van der Waals surface area contributed by atoms with Crippen LogP contribution in [0.4, 0.5) is 0 Å². The van der Waals surface area contributed by atoms with Gasteiger partial charge in [-0.3, -0.25) is 4.79 Å². The Morgan fingerprint density at radius 3 is 2.82 bits per heavy atom. The van der Waals surface area contributed by atoms with Crippen molar-refractivity contribution in [1.29, 1.82) is 0 Å². The van der Waals surface area contributed by atoms with Crippen molar-refractivity contribution in [3.05, 3.63) is 70.8 Å². The van der Waals surface area contributed by atoms with Crippen LogP contribution in [0.25, 0.3) is 17.1 Å². The van der Waals surface area contributed by atoms with Gasteiger partial charge in [-0.1, -0.05) is 22.8 Å². The second-order valence-electron chi connectivity index (χ2n) is 7.73. The van der Waals surface area contributed by atoms with Crippen LogP contribution < -0.4 is 4.74 Å². The van der Waals surface area contributed by atoms with Crippen LogP contribution in [-0.4, -0.2) is 49.6 Å². The summed E-state index contributed by atoms with van der Waals surface area (Å²) in [6.45, 7) is 2.51. The summed E-state index contributed by atoms with van der Waals surface area (Å²) in [5.41, 5.74) is 2.68.